The van der Waals surface area contributed by atoms with Gasteiger partial charge in [-0.25, -0.2) is 4.99 Å². The van der Waals surface area contributed by atoms with Crippen molar-refractivity contribution < 1.29 is 50.7 Å². The van der Waals surface area contributed by atoms with E-state index in [1.165, 1.54) is 0 Å². The minimum Gasteiger partial charge on any atom is -0.475 e. The monoisotopic (exact) mass is 368 g/mol. The summed E-state index contributed by atoms with van der Waals surface area (Å²) in [6.45, 7) is -1.46. The fourth-order valence-corrected chi connectivity index (χ4v) is 3.24. The van der Waals surface area contributed by atoms with Crippen molar-refractivity contribution in [3.8, 4) is 0 Å². The van der Waals surface area contributed by atoms with Gasteiger partial charge in [-0.15, -0.1) is 0 Å². The summed E-state index contributed by atoms with van der Waals surface area (Å²) in [5.74, 6) is 0. The van der Waals surface area contributed by atoms with Crippen molar-refractivity contribution in [2.75, 3.05) is 13.2 Å². The fourth-order valence-electron chi connectivity index (χ4n) is 3.24. The molecule has 0 amide bonds. The summed E-state index contributed by atoms with van der Waals surface area (Å²) in [5, 5.41) is 82.9. The Hall–Kier alpha value is -0.930. The van der Waals surface area contributed by atoms with E-state index in [1.807, 2.05) is 0 Å². The molecule has 0 bridgehead atoms. The number of nitrogens with zero attached hydrogens (tertiary/aromatic N) is 1. The van der Waals surface area contributed by atoms with Crippen molar-refractivity contribution in [2.45, 2.75) is 59.9 Å². The van der Waals surface area contributed by atoms with Gasteiger partial charge in [0.25, 0.3) is 0 Å². The second-order valence-corrected chi connectivity index (χ2v) is 6.49. The molecule has 0 aromatic heterocycles. The Kier molecular flexibility index (Phi) is 5.71. The molecule has 0 aromatic carbocycles. The van der Waals surface area contributed by atoms with Gasteiger partial charge in [0.1, 0.15) is 47.8 Å². The number of hydrogen-bond acceptors (Lipinski definition) is 12. The Morgan fingerprint density at radius 1 is 0.880 bits per heavy atom. The highest BCUT2D eigenvalue weighted by molar-refractivity contribution is 5.52. The molecule has 10 unspecified atom stereocenters. The van der Waals surface area contributed by atoms with Crippen molar-refractivity contribution in [3.05, 3.63) is 0 Å². The minimum absolute atomic E-state index is 0.660. The summed E-state index contributed by atoms with van der Waals surface area (Å²) in [6.07, 6.45) is -6.84. The lowest BCUT2D eigenvalue weighted by molar-refractivity contribution is -0.117. The molecule has 3 rings (SSSR count). The Morgan fingerprint density at radius 3 is 1.80 bits per heavy atom. The predicted octanol–water partition coefficient (Wildman–Crippen LogP) is -6.63. The molecule has 146 valence electrons. The maximum Gasteiger partial charge on any atom is 0.170 e. The van der Waals surface area contributed by atoms with E-state index in [-0.39, 0.29) is 0 Å². The maximum absolute atomic E-state index is 9.76. The van der Waals surface area contributed by atoms with Crippen molar-refractivity contribution in [1.82, 2.24) is 0 Å². The molecule has 12 heteroatoms. The molecule has 0 radical (unpaired) electrons. The largest absolute Gasteiger partial charge is 0.475 e. The Labute approximate surface area is 142 Å². The maximum atomic E-state index is 9.76. The van der Waals surface area contributed by atoms with Crippen LogP contribution in [0.25, 0.3) is 0 Å². The predicted molar refractivity (Wildman–Crippen MR) is 79.2 cm³/mol. The van der Waals surface area contributed by atoms with Crippen LogP contribution in [-0.2, 0) is 4.74 Å². The van der Waals surface area contributed by atoms with Gasteiger partial charge < -0.3 is 56.4 Å². The third kappa shape index (κ3) is 2.94. The SMILES string of the molecule is NC1C(O)C(O)C(O)C1(O)CO.OCC1(O)C(O)C(O)C2OC=NC21. The molecule has 10 atom stereocenters. The zero-order chi connectivity index (χ0) is 19.2. The second-order valence-electron chi connectivity index (χ2n) is 6.49. The summed E-state index contributed by atoms with van der Waals surface area (Å²) in [5.41, 5.74) is 1.46. The average molecular weight is 368 g/mol. The third-order valence-electron chi connectivity index (χ3n) is 5.07. The van der Waals surface area contributed by atoms with Crippen LogP contribution in [0.3, 0.4) is 0 Å². The van der Waals surface area contributed by atoms with Gasteiger partial charge in [0.2, 0.25) is 0 Å². The smallest absolute Gasteiger partial charge is 0.170 e. The van der Waals surface area contributed by atoms with Crippen LogP contribution in [0.1, 0.15) is 0 Å². The lowest BCUT2D eigenvalue weighted by Crippen LogP contribution is -2.55. The lowest BCUT2D eigenvalue weighted by atomic mass is 9.97. The van der Waals surface area contributed by atoms with Crippen molar-refractivity contribution in [2.24, 2.45) is 10.7 Å². The van der Waals surface area contributed by atoms with Gasteiger partial charge in [0.05, 0.1) is 19.3 Å². The summed E-state index contributed by atoms with van der Waals surface area (Å²) >= 11 is 0. The number of fused-ring (bicyclic) bond motifs is 1. The highest BCUT2D eigenvalue weighted by Crippen LogP contribution is 2.37. The van der Waals surface area contributed by atoms with E-state index < -0.39 is 73.1 Å². The van der Waals surface area contributed by atoms with E-state index in [1.54, 1.807) is 0 Å². The summed E-state index contributed by atoms with van der Waals surface area (Å²) < 4.78 is 4.88. The lowest BCUT2D eigenvalue weighted by Gasteiger charge is -2.28. The number of hydrogen-bond donors (Lipinski definition) is 10. The molecular formula is C13H24N2O10. The van der Waals surface area contributed by atoms with E-state index in [9.17, 15) is 20.4 Å². The van der Waals surface area contributed by atoms with Crippen LogP contribution >= 0.6 is 0 Å². The average Bonchev–Trinajstić information content (AvgIpc) is 3.22. The molecule has 1 heterocycles. The molecule has 0 spiro atoms. The molecule has 1 aliphatic heterocycles. The molecule has 2 fully saturated rings. The number of aliphatic hydroxyl groups excluding tert-OH is 7. The standard InChI is InChI=1S/C7H11NO5.C6H13NO5/c9-1-7(12)5-4(13-2-8-5)3(10)6(7)11;7-4-2(9)3(10)5(11)6(4,12)1-8/h2-6,9-12H,1H2;2-5,8-12H,1,7H2. The Bertz CT molecular complexity index is 493. The molecule has 0 aromatic rings. The quantitative estimate of drug-likeness (QED) is 0.220. The van der Waals surface area contributed by atoms with Crippen LogP contribution < -0.4 is 5.73 Å². The number of ether oxygens (including phenoxy) is 1. The molecule has 11 N–H and O–H groups in total. The van der Waals surface area contributed by atoms with Gasteiger partial charge in [-0.1, -0.05) is 0 Å². The van der Waals surface area contributed by atoms with Crippen LogP contribution in [0.5, 0.6) is 0 Å². The zero-order valence-corrected chi connectivity index (χ0v) is 13.1. The van der Waals surface area contributed by atoms with Gasteiger partial charge >= 0.3 is 0 Å². The first-order chi connectivity index (χ1) is 11.6. The van der Waals surface area contributed by atoms with Gasteiger partial charge in [-0.3, -0.25) is 0 Å². The van der Waals surface area contributed by atoms with Crippen LogP contribution in [0, 0.1) is 0 Å². The van der Waals surface area contributed by atoms with E-state index in [4.69, 9.17) is 36.0 Å². The Morgan fingerprint density at radius 2 is 1.40 bits per heavy atom. The number of nitrogens with two attached hydrogens (primary N) is 1. The highest BCUT2D eigenvalue weighted by atomic mass is 16.5. The first-order valence-electron chi connectivity index (χ1n) is 7.55. The van der Waals surface area contributed by atoms with E-state index in [0.29, 0.717) is 0 Å². The topological polar surface area (TPSA) is 230 Å². The fraction of sp³-hybridized carbons (Fsp3) is 0.923. The molecule has 3 aliphatic rings. The van der Waals surface area contributed by atoms with Gasteiger partial charge in [-0.05, 0) is 0 Å². The van der Waals surface area contributed by atoms with Gasteiger partial charge in [0.15, 0.2) is 12.5 Å². The van der Waals surface area contributed by atoms with Crippen LogP contribution in [0.2, 0.25) is 0 Å². The molecule has 2 saturated carbocycles. The van der Waals surface area contributed by atoms with Crippen molar-refractivity contribution >= 4 is 6.40 Å². The molecule has 2 aliphatic carbocycles. The number of aliphatic hydroxyl groups is 9. The second kappa shape index (κ2) is 7.00. The minimum atomic E-state index is -2.02. The number of aliphatic imine (C=N–C) groups is 1. The molecule has 12 nitrogen and oxygen atoms in total. The summed E-state index contributed by atoms with van der Waals surface area (Å²) in [7, 11) is 0. The molecule has 0 saturated heterocycles. The third-order valence-corrected chi connectivity index (χ3v) is 5.07. The molecule has 25 heavy (non-hydrogen) atoms. The van der Waals surface area contributed by atoms with Crippen molar-refractivity contribution in [3.63, 3.8) is 0 Å². The highest BCUT2D eigenvalue weighted by Gasteiger charge is 2.62. The van der Waals surface area contributed by atoms with E-state index in [2.05, 4.69) is 4.99 Å². The first kappa shape index (κ1) is 20.4. The Balaban J connectivity index is 0.000000181. The van der Waals surface area contributed by atoms with Crippen molar-refractivity contribution in [1.29, 1.82) is 0 Å². The van der Waals surface area contributed by atoms with Gasteiger partial charge in [-0.2, -0.15) is 0 Å². The molecular weight excluding hydrogens is 344 g/mol. The zero-order valence-electron chi connectivity index (χ0n) is 13.1. The van der Waals surface area contributed by atoms with Gasteiger partial charge in [0, 0.05) is 0 Å². The van der Waals surface area contributed by atoms with Crippen LogP contribution in [0.4, 0.5) is 0 Å². The number of rotatable bonds is 2. The first-order valence-corrected chi connectivity index (χ1v) is 7.55. The summed E-state index contributed by atoms with van der Waals surface area (Å²) in [4.78, 5) is 3.75. The van der Waals surface area contributed by atoms with Crippen LogP contribution in [0.15, 0.2) is 4.99 Å². The van der Waals surface area contributed by atoms with E-state index >= 15 is 0 Å². The van der Waals surface area contributed by atoms with Crippen LogP contribution in [-0.4, -0.2) is 125 Å². The normalized spacial score (nSPS) is 54.0. The van der Waals surface area contributed by atoms with E-state index in [0.717, 1.165) is 6.40 Å². The summed E-state index contributed by atoms with van der Waals surface area (Å²) in [6, 6.07) is -2.03.